The second-order valence-corrected chi connectivity index (χ2v) is 7.17. The molecule has 0 aromatic heterocycles. The highest BCUT2D eigenvalue weighted by Gasteiger charge is 2.24. The summed E-state index contributed by atoms with van der Waals surface area (Å²) in [6, 6.07) is 11.0. The molecule has 2 aromatic carbocycles. The van der Waals surface area contributed by atoms with Crippen molar-refractivity contribution in [2.45, 2.75) is 39.9 Å². The van der Waals surface area contributed by atoms with Crippen molar-refractivity contribution >= 4 is 34.8 Å². The third-order valence-corrected chi connectivity index (χ3v) is 4.02. The number of amides is 1. The van der Waals surface area contributed by atoms with Crippen LogP contribution >= 0.6 is 11.6 Å². The number of benzene rings is 2. The van der Waals surface area contributed by atoms with Gasteiger partial charge in [-0.25, -0.2) is 0 Å². The van der Waals surface area contributed by atoms with Crippen LogP contribution < -0.4 is 14.8 Å². The molecular weight excluding hydrogens is 350 g/mol. The summed E-state index contributed by atoms with van der Waals surface area (Å²) in [5, 5.41) is 3.44. The molecule has 1 aliphatic rings. The van der Waals surface area contributed by atoms with Gasteiger partial charge < -0.3 is 14.8 Å². The first-order chi connectivity index (χ1) is 12.3. The summed E-state index contributed by atoms with van der Waals surface area (Å²) in [5.74, 6) is 1.27. The molecule has 1 aliphatic heterocycles. The normalized spacial score (nSPS) is 14.7. The Morgan fingerprint density at radius 3 is 2.42 bits per heavy atom. The van der Waals surface area contributed by atoms with E-state index in [0.717, 1.165) is 22.6 Å². The van der Waals surface area contributed by atoms with Gasteiger partial charge in [-0.15, -0.1) is 0 Å². The Morgan fingerprint density at radius 1 is 1.00 bits per heavy atom. The minimum Gasteiger partial charge on any atom is -0.491 e. The molecule has 0 atom stereocenters. The summed E-state index contributed by atoms with van der Waals surface area (Å²) in [6.45, 7) is 7.88. The largest absolute Gasteiger partial charge is 0.491 e. The summed E-state index contributed by atoms with van der Waals surface area (Å²) in [7, 11) is 0. The predicted molar refractivity (Wildman–Crippen MR) is 106 cm³/mol. The topological polar surface area (TPSA) is 47.6 Å². The van der Waals surface area contributed by atoms with Gasteiger partial charge in [0.05, 0.1) is 17.9 Å². The zero-order valence-electron chi connectivity index (χ0n) is 15.3. The SMILES string of the molecule is CC(C)Oc1ccc(/C=C2/C(=O)Nc3cc(Cl)ccc32)c(OC(C)C)c1. The van der Waals surface area contributed by atoms with Crippen LogP contribution in [0.1, 0.15) is 38.8 Å². The number of fused-ring (bicyclic) bond motifs is 1. The Morgan fingerprint density at radius 2 is 1.73 bits per heavy atom. The molecule has 3 rings (SSSR count). The number of carbonyl (C=O) groups excluding carboxylic acids is 1. The van der Waals surface area contributed by atoms with Gasteiger partial charge in [0.1, 0.15) is 11.5 Å². The number of carbonyl (C=O) groups is 1. The second-order valence-electron chi connectivity index (χ2n) is 6.73. The molecule has 1 heterocycles. The lowest BCUT2D eigenvalue weighted by molar-refractivity contribution is -0.110. The Bertz CT molecular complexity index is 872. The monoisotopic (exact) mass is 371 g/mol. The van der Waals surface area contributed by atoms with Gasteiger partial charge >= 0.3 is 0 Å². The van der Waals surface area contributed by atoms with Gasteiger partial charge in [0.25, 0.3) is 5.91 Å². The quantitative estimate of drug-likeness (QED) is 0.715. The molecule has 0 saturated carbocycles. The maximum Gasteiger partial charge on any atom is 0.256 e. The molecule has 1 N–H and O–H groups in total. The van der Waals surface area contributed by atoms with Crippen LogP contribution in [-0.2, 0) is 4.79 Å². The number of ether oxygens (including phenoxy) is 2. The van der Waals surface area contributed by atoms with Crippen molar-refractivity contribution in [2.75, 3.05) is 5.32 Å². The van der Waals surface area contributed by atoms with Crippen molar-refractivity contribution in [1.29, 1.82) is 0 Å². The van der Waals surface area contributed by atoms with E-state index in [2.05, 4.69) is 5.32 Å². The van der Waals surface area contributed by atoms with Gasteiger partial charge in [-0.3, -0.25) is 4.79 Å². The summed E-state index contributed by atoms with van der Waals surface area (Å²) >= 11 is 6.02. The average molecular weight is 372 g/mol. The number of anilines is 1. The standard InChI is InChI=1S/C21H22ClNO3/c1-12(2)25-16-7-5-14(20(11-16)26-13(3)4)9-18-17-8-6-15(22)10-19(17)23-21(18)24/h5-13H,1-4H3,(H,23,24)/b18-9+. The fourth-order valence-electron chi connectivity index (χ4n) is 2.80. The maximum atomic E-state index is 12.4. The fourth-order valence-corrected chi connectivity index (χ4v) is 2.97. The Hall–Kier alpha value is -2.46. The molecular formula is C21H22ClNO3. The van der Waals surface area contributed by atoms with Gasteiger partial charge in [-0.05, 0) is 58.0 Å². The molecule has 2 aromatic rings. The zero-order chi connectivity index (χ0) is 18.8. The molecule has 1 amide bonds. The van der Waals surface area contributed by atoms with Gasteiger partial charge in [0.2, 0.25) is 0 Å². The molecule has 0 unspecified atom stereocenters. The van der Waals surface area contributed by atoms with Gasteiger partial charge in [0, 0.05) is 27.8 Å². The number of hydrogen-bond donors (Lipinski definition) is 1. The van der Waals surface area contributed by atoms with Crippen LogP contribution in [0.4, 0.5) is 5.69 Å². The van der Waals surface area contributed by atoms with E-state index in [-0.39, 0.29) is 18.1 Å². The molecule has 0 aliphatic carbocycles. The fraction of sp³-hybridized carbons (Fsp3) is 0.286. The minimum atomic E-state index is -0.153. The summed E-state index contributed by atoms with van der Waals surface area (Å²) in [6.07, 6.45) is 1.92. The van der Waals surface area contributed by atoms with Crippen molar-refractivity contribution in [3.8, 4) is 11.5 Å². The molecule has 4 nitrogen and oxygen atoms in total. The highest BCUT2D eigenvalue weighted by molar-refractivity contribution is 6.36. The van der Waals surface area contributed by atoms with Gasteiger partial charge in [-0.1, -0.05) is 17.7 Å². The first-order valence-electron chi connectivity index (χ1n) is 8.64. The van der Waals surface area contributed by atoms with Crippen LogP contribution in [0.2, 0.25) is 5.02 Å². The maximum absolute atomic E-state index is 12.4. The molecule has 0 spiro atoms. The van der Waals surface area contributed by atoms with E-state index in [9.17, 15) is 4.79 Å². The summed E-state index contributed by atoms with van der Waals surface area (Å²) < 4.78 is 11.7. The van der Waals surface area contributed by atoms with E-state index in [1.54, 1.807) is 12.1 Å². The molecule has 0 radical (unpaired) electrons. The van der Waals surface area contributed by atoms with Gasteiger partial charge in [-0.2, -0.15) is 0 Å². The molecule has 0 saturated heterocycles. The lowest BCUT2D eigenvalue weighted by Crippen LogP contribution is -2.09. The van der Waals surface area contributed by atoms with E-state index in [0.29, 0.717) is 16.3 Å². The predicted octanol–water partition coefficient (Wildman–Crippen LogP) is 5.41. The summed E-state index contributed by atoms with van der Waals surface area (Å²) in [4.78, 5) is 12.4. The van der Waals surface area contributed by atoms with Gasteiger partial charge in [0.15, 0.2) is 0 Å². The first kappa shape index (κ1) is 18.3. The second kappa shape index (κ2) is 7.42. The number of halogens is 1. The van der Waals surface area contributed by atoms with E-state index in [1.165, 1.54) is 0 Å². The molecule has 0 bridgehead atoms. The molecule has 0 fully saturated rings. The van der Waals surface area contributed by atoms with E-state index < -0.39 is 0 Å². The van der Waals surface area contributed by atoms with Crippen molar-refractivity contribution in [1.82, 2.24) is 0 Å². The number of nitrogens with one attached hydrogen (secondary N) is 1. The van der Waals surface area contributed by atoms with Crippen LogP contribution in [0, 0.1) is 0 Å². The zero-order valence-corrected chi connectivity index (χ0v) is 16.1. The molecule has 5 heteroatoms. The van der Waals surface area contributed by atoms with Crippen molar-refractivity contribution in [3.63, 3.8) is 0 Å². The lowest BCUT2D eigenvalue weighted by atomic mass is 10.0. The highest BCUT2D eigenvalue weighted by Crippen LogP contribution is 2.37. The van der Waals surface area contributed by atoms with Crippen molar-refractivity contribution in [2.24, 2.45) is 0 Å². The molecule has 136 valence electrons. The Labute approximate surface area is 158 Å². The third kappa shape index (κ3) is 4.02. The number of hydrogen-bond acceptors (Lipinski definition) is 3. The van der Waals surface area contributed by atoms with E-state index in [4.69, 9.17) is 21.1 Å². The smallest absolute Gasteiger partial charge is 0.256 e. The van der Waals surface area contributed by atoms with Crippen LogP contribution in [-0.4, -0.2) is 18.1 Å². The van der Waals surface area contributed by atoms with E-state index >= 15 is 0 Å². The highest BCUT2D eigenvalue weighted by atomic mass is 35.5. The van der Waals surface area contributed by atoms with Crippen molar-refractivity contribution in [3.05, 3.63) is 52.5 Å². The molecule has 26 heavy (non-hydrogen) atoms. The van der Waals surface area contributed by atoms with Crippen LogP contribution in [0.15, 0.2) is 36.4 Å². The van der Waals surface area contributed by atoms with Crippen LogP contribution in [0.5, 0.6) is 11.5 Å². The first-order valence-corrected chi connectivity index (χ1v) is 9.01. The minimum absolute atomic E-state index is 0.00458. The summed E-state index contributed by atoms with van der Waals surface area (Å²) in [5.41, 5.74) is 2.96. The van der Waals surface area contributed by atoms with Crippen LogP contribution in [0.25, 0.3) is 11.6 Å². The van der Waals surface area contributed by atoms with Crippen molar-refractivity contribution < 1.29 is 14.3 Å². The number of rotatable bonds is 5. The Kier molecular flexibility index (Phi) is 5.23. The average Bonchev–Trinajstić information content (AvgIpc) is 2.83. The lowest BCUT2D eigenvalue weighted by Gasteiger charge is -2.16. The third-order valence-electron chi connectivity index (χ3n) is 3.78. The Balaban J connectivity index is 2.03. The van der Waals surface area contributed by atoms with E-state index in [1.807, 2.05) is 58.0 Å². The van der Waals surface area contributed by atoms with Crippen LogP contribution in [0.3, 0.4) is 0 Å².